The minimum absolute atomic E-state index is 0.388. The first-order chi connectivity index (χ1) is 27.7. The number of hydrogen-bond acceptors (Lipinski definition) is 3. The fourth-order valence-electron chi connectivity index (χ4n) is 9.39. The highest BCUT2D eigenvalue weighted by Gasteiger charge is 2.53. The van der Waals surface area contributed by atoms with Crippen LogP contribution in [0.25, 0.3) is 88.1 Å². The van der Waals surface area contributed by atoms with Crippen LogP contribution in [0.5, 0.6) is 0 Å². The Balaban J connectivity index is 1.04. The highest BCUT2D eigenvalue weighted by molar-refractivity contribution is 7.20. The Morgan fingerprint density at radius 3 is 1.84 bits per heavy atom. The maximum atomic E-state index is 5.20. The van der Waals surface area contributed by atoms with Gasteiger partial charge >= 0.3 is 0 Å². The van der Waals surface area contributed by atoms with Crippen LogP contribution in [0.15, 0.2) is 194 Å². The average Bonchev–Trinajstić information content (AvgIpc) is 3.90. The zero-order valence-electron chi connectivity index (χ0n) is 30.3. The molecule has 1 spiro atoms. The number of hydrogen-bond donors (Lipinski definition) is 0. The highest BCUT2D eigenvalue weighted by atomic mass is 32.1. The zero-order chi connectivity index (χ0) is 36.8. The summed E-state index contributed by atoms with van der Waals surface area (Å²) in [5, 5.41) is 3.75. The predicted molar refractivity (Wildman–Crippen MR) is 233 cm³/mol. The van der Waals surface area contributed by atoms with E-state index < -0.39 is 0 Å². The minimum Gasteiger partial charge on any atom is -0.228 e. The molecule has 1 unspecified atom stereocenters. The quantitative estimate of drug-likeness (QED) is 0.180. The summed E-state index contributed by atoms with van der Waals surface area (Å²) in [6.45, 7) is 0. The molecule has 260 valence electrons. The molecule has 8 aromatic carbocycles. The van der Waals surface area contributed by atoms with Crippen molar-refractivity contribution in [1.82, 2.24) is 9.97 Å². The van der Waals surface area contributed by atoms with Crippen LogP contribution in [0.3, 0.4) is 0 Å². The topological polar surface area (TPSA) is 25.8 Å². The standard InChI is InChI=1S/C53H32N2S/c1-2-14-34(15-3-1)52-54-47(32-48(55-52)39-26-25-33-13-4-5-16-35(33)29-39)38-18-12-17-36(30-38)37-27-28-41-40-19-6-9-22-44(40)53(46(41)31-37)45-23-10-7-20-42(45)50-43-21-8-11-24-49(43)56-51(50)53/h1-32H. The second-order valence-electron chi connectivity index (χ2n) is 14.9. The summed E-state index contributed by atoms with van der Waals surface area (Å²) in [6, 6.07) is 70.6. The molecule has 2 nitrogen and oxygen atoms in total. The molecule has 12 rings (SSSR count). The molecular formula is C53H32N2S. The molecule has 0 amide bonds. The summed E-state index contributed by atoms with van der Waals surface area (Å²) in [5.41, 5.74) is 16.3. The van der Waals surface area contributed by atoms with E-state index in [-0.39, 0.29) is 5.41 Å². The zero-order valence-corrected chi connectivity index (χ0v) is 31.1. The van der Waals surface area contributed by atoms with Crippen molar-refractivity contribution in [1.29, 1.82) is 0 Å². The lowest BCUT2D eigenvalue weighted by Gasteiger charge is -2.29. The summed E-state index contributed by atoms with van der Waals surface area (Å²) >= 11 is 1.95. The van der Waals surface area contributed by atoms with E-state index in [4.69, 9.17) is 9.97 Å². The number of thiophene rings is 1. The van der Waals surface area contributed by atoms with Gasteiger partial charge in [-0.25, -0.2) is 9.97 Å². The second kappa shape index (κ2) is 12.0. The van der Waals surface area contributed by atoms with Gasteiger partial charge in [-0.15, -0.1) is 11.3 Å². The average molecular weight is 729 g/mol. The molecule has 56 heavy (non-hydrogen) atoms. The first kappa shape index (κ1) is 31.4. The van der Waals surface area contributed by atoms with E-state index in [0.29, 0.717) is 5.82 Å². The summed E-state index contributed by atoms with van der Waals surface area (Å²) in [6.07, 6.45) is 0. The van der Waals surface area contributed by atoms with Gasteiger partial charge in [-0.3, -0.25) is 0 Å². The molecule has 3 heteroatoms. The van der Waals surface area contributed by atoms with Crippen LogP contribution in [-0.4, -0.2) is 9.97 Å². The Hall–Kier alpha value is -6.94. The smallest absolute Gasteiger partial charge is 0.160 e. The third-order valence-electron chi connectivity index (χ3n) is 11.9. The maximum Gasteiger partial charge on any atom is 0.160 e. The Kier molecular flexibility index (Phi) is 6.75. The molecule has 0 fully saturated rings. The predicted octanol–water partition coefficient (Wildman–Crippen LogP) is 13.9. The summed E-state index contributed by atoms with van der Waals surface area (Å²) in [7, 11) is 0. The summed E-state index contributed by atoms with van der Waals surface area (Å²) in [5.74, 6) is 0.716. The van der Waals surface area contributed by atoms with E-state index in [1.807, 2.05) is 29.5 Å². The molecule has 2 aromatic heterocycles. The van der Waals surface area contributed by atoms with Crippen molar-refractivity contribution < 1.29 is 0 Å². The molecule has 10 aromatic rings. The SMILES string of the molecule is c1ccc(-c2nc(-c3cccc(-c4ccc5c(c4)C4(c6ccccc6-5)c5ccccc5-c5c4sc4ccccc54)c3)cc(-c3ccc4ccccc4c3)n2)cc1. The third-order valence-corrected chi connectivity index (χ3v) is 13.2. The molecule has 2 heterocycles. The van der Waals surface area contributed by atoms with Gasteiger partial charge in [0.2, 0.25) is 0 Å². The van der Waals surface area contributed by atoms with Crippen LogP contribution in [0, 0.1) is 0 Å². The van der Waals surface area contributed by atoms with Gasteiger partial charge < -0.3 is 0 Å². The lowest BCUT2D eigenvalue weighted by atomic mass is 9.73. The van der Waals surface area contributed by atoms with Gasteiger partial charge in [0.15, 0.2) is 5.82 Å². The van der Waals surface area contributed by atoms with Crippen molar-refractivity contribution >= 4 is 32.2 Å². The lowest BCUT2D eigenvalue weighted by Crippen LogP contribution is -2.24. The van der Waals surface area contributed by atoms with E-state index in [2.05, 4.69) is 176 Å². The largest absolute Gasteiger partial charge is 0.228 e. The highest BCUT2D eigenvalue weighted by Crippen LogP contribution is 2.66. The molecule has 0 bridgehead atoms. The van der Waals surface area contributed by atoms with Gasteiger partial charge in [0.25, 0.3) is 0 Å². The molecule has 1 atom stereocenters. The van der Waals surface area contributed by atoms with Crippen molar-refractivity contribution in [3.63, 3.8) is 0 Å². The number of benzene rings is 8. The summed E-state index contributed by atoms with van der Waals surface area (Å²) in [4.78, 5) is 11.8. The normalized spacial score (nSPS) is 14.9. The fraction of sp³-hybridized carbons (Fsp3) is 0.0189. The number of rotatable bonds is 4. The van der Waals surface area contributed by atoms with E-state index in [0.717, 1.165) is 33.6 Å². The number of fused-ring (bicyclic) bond motifs is 13. The Labute approximate surface area is 329 Å². The Bertz CT molecular complexity index is 3210. The molecule has 0 N–H and O–H groups in total. The molecule has 0 saturated heterocycles. The second-order valence-corrected chi connectivity index (χ2v) is 15.9. The molecule has 2 aliphatic carbocycles. The molecular weight excluding hydrogens is 697 g/mol. The molecule has 0 saturated carbocycles. The van der Waals surface area contributed by atoms with Crippen molar-refractivity contribution in [2.24, 2.45) is 0 Å². The lowest BCUT2D eigenvalue weighted by molar-refractivity contribution is 0.812. The third kappa shape index (κ3) is 4.49. The molecule has 2 aliphatic rings. The Morgan fingerprint density at radius 1 is 0.375 bits per heavy atom. The van der Waals surface area contributed by atoms with E-state index in [1.165, 1.54) is 70.2 Å². The van der Waals surface area contributed by atoms with Crippen molar-refractivity contribution in [2.45, 2.75) is 5.41 Å². The number of aromatic nitrogens is 2. The van der Waals surface area contributed by atoms with E-state index in [9.17, 15) is 0 Å². The van der Waals surface area contributed by atoms with Gasteiger partial charge in [-0.2, -0.15) is 0 Å². The van der Waals surface area contributed by atoms with Gasteiger partial charge in [0.05, 0.1) is 16.8 Å². The van der Waals surface area contributed by atoms with Gasteiger partial charge in [0, 0.05) is 37.2 Å². The van der Waals surface area contributed by atoms with Gasteiger partial charge in [0.1, 0.15) is 0 Å². The van der Waals surface area contributed by atoms with Crippen LogP contribution in [0.2, 0.25) is 0 Å². The number of nitrogens with zero attached hydrogens (tertiary/aromatic N) is 2. The first-order valence-electron chi connectivity index (χ1n) is 19.1. The van der Waals surface area contributed by atoms with Crippen molar-refractivity contribution in [3.8, 4) is 67.3 Å². The van der Waals surface area contributed by atoms with E-state index >= 15 is 0 Å². The van der Waals surface area contributed by atoms with Crippen LogP contribution in [0.4, 0.5) is 0 Å². The monoisotopic (exact) mass is 728 g/mol. The van der Waals surface area contributed by atoms with Gasteiger partial charge in [-0.05, 0) is 85.6 Å². The Morgan fingerprint density at radius 2 is 0.982 bits per heavy atom. The van der Waals surface area contributed by atoms with Crippen molar-refractivity contribution in [2.75, 3.05) is 0 Å². The summed E-state index contributed by atoms with van der Waals surface area (Å²) < 4.78 is 1.34. The van der Waals surface area contributed by atoms with Crippen LogP contribution in [-0.2, 0) is 5.41 Å². The van der Waals surface area contributed by atoms with Crippen LogP contribution in [0.1, 0.15) is 21.6 Å². The fourth-order valence-corrected chi connectivity index (χ4v) is 10.8. The van der Waals surface area contributed by atoms with Crippen LogP contribution < -0.4 is 0 Å². The maximum absolute atomic E-state index is 5.20. The van der Waals surface area contributed by atoms with Gasteiger partial charge in [-0.1, -0.05) is 164 Å². The minimum atomic E-state index is -0.388. The van der Waals surface area contributed by atoms with Crippen LogP contribution >= 0.6 is 11.3 Å². The first-order valence-corrected chi connectivity index (χ1v) is 20.0. The molecule has 0 radical (unpaired) electrons. The van der Waals surface area contributed by atoms with Crippen molar-refractivity contribution in [3.05, 3.63) is 216 Å². The van der Waals surface area contributed by atoms with E-state index in [1.54, 1.807) is 0 Å². The molecule has 0 aliphatic heterocycles.